The molecule has 0 saturated heterocycles. The second kappa shape index (κ2) is 7.15. The molecule has 3 rings (SSSR count). The van der Waals surface area contributed by atoms with Crippen molar-refractivity contribution in [2.75, 3.05) is 20.2 Å². The van der Waals surface area contributed by atoms with Gasteiger partial charge in [-0.05, 0) is 38.1 Å². The van der Waals surface area contributed by atoms with Crippen molar-refractivity contribution in [1.29, 1.82) is 0 Å². The van der Waals surface area contributed by atoms with Gasteiger partial charge in [0.15, 0.2) is 0 Å². The summed E-state index contributed by atoms with van der Waals surface area (Å²) in [5.74, 6) is -0.149. The van der Waals surface area contributed by atoms with E-state index in [9.17, 15) is 9.90 Å². The van der Waals surface area contributed by atoms with Gasteiger partial charge in [0.25, 0.3) is 0 Å². The summed E-state index contributed by atoms with van der Waals surface area (Å²) in [5.41, 5.74) is 2.26. The van der Waals surface area contributed by atoms with Gasteiger partial charge in [0.05, 0.1) is 12.2 Å². The van der Waals surface area contributed by atoms with E-state index < -0.39 is 0 Å². The normalized spacial score (nSPS) is 14.8. The van der Waals surface area contributed by atoms with E-state index in [0.717, 1.165) is 30.0 Å². The topological polar surface area (TPSA) is 62.1 Å². The van der Waals surface area contributed by atoms with Crippen molar-refractivity contribution in [3.05, 3.63) is 45.8 Å². The first-order valence-corrected chi connectivity index (χ1v) is 8.74. The lowest BCUT2D eigenvalue weighted by Crippen LogP contribution is -2.26. The number of hydrogen-bond donors (Lipinski definition) is 1. The Hall–Kier alpha value is -2.18. The van der Waals surface area contributed by atoms with Gasteiger partial charge in [-0.2, -0.15) is 0 Å². The highest BCUT2D eigenvalue weighted by Gasteiger charge is 2.27. The van der Waals surface area contributed by atoms with Crippen molar-refractivity contribution < 1.29 is 14.6 Å². The number of aliphatic imine (C=N–C) groups is 1. The SMILES string of the molecule is CCOC(=O)c1c(/N=C/c2ccccc2O)sc2c1CCN(C)C2. The summed E-state index contributed by atoms with van der Waals surface area (Å²) >= 11 is 1.52. The van der Waals surface area contributed by atoms with Gasteiger partial charge in [-0.25, -0.2) is 9.79 Å². The van der Waals surface area contributed by atoms with Crippen molar-refractivity contribution in [3.63, 3.8) is 0 Å². The van der Waals surface area contributed by atoms with Crippen molar-refractivity contribution in [2.45, 2.75) is 19.9 Å². The molecule has 0 fully saturated rings. The molecule has 24 heavy (non-hydrogen) atoms. The van der Waals surface area contributed by atoms with Crippen molar-refractivity contribution in [3.8, 4) is 5.75 Å². The minimum absolute atomic E-state index is 0.167. The summed E-state index contributed by atoms with van der Waals surface area (Å²) in [4.78, 5) is 20.3. The highest BCUT2D eigenvalue weighted by molar-refractivity contribution is 7.16. The first-order chi connectivity index (χ1) is 11.6. The molecule has 0 unspecified atom stereocenters. The van der Waals surface area contributed by atoms with Crippen LogP contribution in [0.5, 0.6) is 5.75 Å². The van der Waals surface area contributed by atoms with Gasteiger partial charge < -0.3 is 14.7 Å². The zero-order chi connectivity index (χ0) is 17.1. The maximum atomic E-state index is 12.4. The molecule has 1 N–H and O–H groups in total. The summed E-state index contributed by atoms with van der Waals surface area (Å²) in [5, 5.41) is 10.5. The number of esters is 1. The third kappa shape index (κ3) is 3.34. The van der Waals surface area contributed by atoms with E-state index in [2.05, 4.69) is 16.9 Å². The predicted molar refractivity (Wildman–Crippen MR) is 95.7 cm³/mol. The lowest BCUT2D eigenvalue weighted by Gasteiger charge is -2.22. The second-order valence-corrected chi connectivity index (χ2v) is 6.79. The monoisotopic (exact) mass is 344 g/mol. The largest absolute Gasteiger partial charge is 0.507 e. The van der Waals surface area contributed by atoms with Gasteiger partial charge in [-0.15, -0.1) is 11.3 Å². The molecule has 1 aliphatic rings. The molecule has 1 aliphatic heterocycles. The van der Waals surface area contributed by atoms with Gasteiger partial charge in [0.1, 0.15) is 10.8 Å². The lowest BCUT2D eigenvalue weighted by molar-refractivity contribution is 0.0526. The van der Waals surface area contributed by atoms with Gasteiger partial charge in [-0.1, -0.05) is 12.1 Å². The van der Waals surface area contributed by atoms with Crippen LogP contribution in [0.2, 0.25) is 0 Å². The molecular formula is C18H20N2O3S. The van der Waals surface area contributed by atoms with E-state index in [1.165, 1.54) is 11.3 Å². The molecule has 0 aliphatic carbocycles. The average Bonchev–Trinajstić information content (AvgIpc) is 2.91. The first-order valence-electron chi connectivity index (χ1n) is 7.92. The fourth-order valence-electron chi connectivity index (χ4n) is 2.75. The van der Waals surface area contributed by atoms with Gasteiger partial charge in [0, 0.05) is 29.7 Å². The Morgan fingerprint density at radius 2 is 2.25 bits per heavy atom. The zero-order valence-corrected chi connectivity index (χ0v) is 14.6. The number of rotatable bonds is 4. The molecule has 126 valence electrons. The molecule has 0 amide bonds. The van der Waals surface area contributed by atoms with Crippen LogP contribution in [0.3, 0.4) is 0 Å². The minimum atomic E-state index is -0.316. The molecule has 5 nitrogen and oxygen atoms in total. The third-order valence-electron chi connectivity index (χ3n) is 3.97. The Morgan fingerprint density at radius 3 is 3.00 bits per heavy atom. The number of benzene rings is 1. The Bertz CT molecular complexity index is 783. The Morgan fingerprint density at radius 1 is 1.46 bits per heavy atom. The minimum Gasteiger partial charge on any atom is -0.507 e. The first kappa shape index (κ1) is 16.7. The highest BCUT2D eigenvalue weighted by Crippen LogP contribution is 2.39. The fraction of sp³-hybridized carbons (Fsp3) is 0.333. The number of hydrogen-bond acceptors (Lipinski definition) is 6. The Labute approximate surface area is 145 Å². The summed E-state index contributed by atoms with van der Waals surface area (Å²) in [6, 6.07) is 6.99. The number of aromatic hydroxyl groups is 1. The van der Waals surface area contributed by atoms with Crippen LogP contribution >= 0.6 is 11.3 Å². The predicted octanol–water partition coefficient (Wildman–Crippen LogP) is 3.37. The fourth-order valence-corrected chi connectivity index (χ4v) is 4.01. The van der Waals surface area contributed by atoms with Crippen LogP contribution in [0.4, 0.5) is 5.00 Å². The molecule has 2 heterocycles. The number of thiophene rings is 1. The number of ether oxygens (including phenoxy) is 1. The molecule has 1 aromatic carbocycles. The molecule has 0 saturated carbocycles. The number of fused-ring (bicyclic) bond motifs is 1. The van der Waals surface area contributed by atoms with Crippen LogP contribution in [0.25, 0.3) is 0 Å². The summed E-state index contributed by atoms with van der Waals surface area (Å²) in [6.45, 7) is 3.87. The third-order valence-corrected chi connectivity index (χ3v) is 5.09. The van der Waals surface area contributed by atoms with E-state index in [1.54, 1.807) is 31.3 Å². The number of phenolic OH excluding ortho intramolecular Hbond substituents is 1. The highest BCUT2D eigenvalue weighted by atomic mass is 32.1. The van der Waals surface area contributed by atoms with Gasteiger partial charge in [-0.3, -0.25) is 0 Å². The molecule has 0 spiro atoms. The van der Waals surface area contributed by atoms with Crippen LogP contribution in [-0.4, -0.2) is 42.4 Å². The average molecular weight is 344 g/mol. The van der Waals surface area contributed by atoms with Crippen LogP contribution < -0.4 is 0 Å². The van der Waals surface area contributed by atoms with E-state index in [1.807, 2.05) is 6.07 Å². The zero-order valence-electron chi connectivity index (χ0n) is 13.8. The van der Waals surface area contributed by atoms with E-state index >= 15 is 0 Å². The van der Waals surface area contributed by atoms with Crippen molar-refractivity contribution in [1.82, 2.24) is 4.90 Å². The number of likely N-dealkylation sites (N-methyl/N-ethyl adjacent to an activating group) is 1. The molecule has 0 radical (unpaired) electrons. The number of nitrogens with zero attached hydrogens (tertiary/aromatic N) is 2. The number of carbonyl (C=O) groups is 1. The molecule has 0 atom stereocenters. The summed E-state index contributed by atoms with van der Waals surface area (Å²) in [6.07, 6.45) is 2.42. The van der Waals surface area contributed by atoms with E-state index in [0.29, 0.717) is 22.7 Å². The van der Waals surface area contributed by atoms with Crippen LogP contribution in [0.15, 0.2) is 29.3 Å². The quantitative estimate of drug-likeness (QED) is 0.682. The van der Waals surface area contributed by atoms with Crippen molar-refractivity contribution in [2.24, 2.45) is 4.99 Å². The molecular weight excluding hydrogens is 324 g/mol. The molecule has 6 heteroatoms. The van der Waals surface area contributed by atoms with E-state index in [-0.39, 0.29) is 11.7 Å². The smallest absolute Gasteiger partial charge is 0.341 e. The molecule has 1 aromatic heterocycles. The van der Waals surface area contributed by atoms with Gasteiger partial charge in [0.2, 0.25) is 0 Å². The standard InChI is InChI=1S/C18H20N2O3S/c1-3-23-18(22)16-13-8-9-20(2)11-15(13)24-17(16)19-10-12-6-4-5-7-14(12)21/h4-7,10,21H,3,8-9,11H2,1-2H3/b19-10+. The number of phenols is 1. The molecule has 0 bridgehead atoms. The number of para-hydroxylation sites is 1. The Balaban J connectivity index is 2.00. The Kier molecular flexibility index (Phi) is 4.97. The van der Waals surface area contributed by atoms with Crippen LogP contribution in [0, 0.1) is 0 Å². The summed E-state index contributed by atoms with van der Waals surface area (Å²) in [7, 11) is 2.07. The lowest BCUT2D eigenvalue weighted by atomic mass is 10.0. The number of carbonyl (C=O) groups excluding carboxylic acids is 1. The maximum absolute atomic E-state index is 12.4. The maximum Gasteiger partial charge on any atom is 0.341 e. The summed E-state index contributed by atoms with van der Waals surface area (Å²) < 4.78 is 5.23. The van der Waals surface area contributed by atoms with E-state index in [4.69, 9.17) is 4.74 Å². The van der Waals surface area contributed by atoms with Gasteiger partial charge >= 0.3 is 5.97 Å². The van der Waals surface area contributed by atoms with Crippen LogP contribution in [-0.2, 0) is 17.7 Å². The second-order valence-electron chi connectivity index (χ2n) is 5.71. The molecule has 2 aromatic rings. The van der Waals surface area contributed by atoms with Crippen molar-refractivity contribution >= 4 is 28.5 Å². The van der Waals surface area contributed by atoms with Crippen LogP contribution in [0.1, 0.15) is 33.3 Å².